The van der Waals surface area contributed by atoms with Gasteiger partial charge in [0.2, 0.25) is 0 Å². The molecule has 0 atom stereocenters. The maximum Gasteiger partial charge on any atom is -0.0105 e. The van der Waals surface area contributed by atoms with E-state index in [-0.39, 0.29) is 0 Å². The third-order valence-electron chi connectivity index (χ3n) is 2.41. The number of hydrogen-bond acceptors (Lipinski definition) is 0. The van der Waals surface area contributed by atoms with Crippen LogP contribution in [0.25, 0.3) is 11.6 Å². The third kappa shape index (κ3) is 0.620. The highest BCUT2D eigenvalue weighted by molar-refractivity contribution is 5.99. The van der Waals surface area contributed by atoms with Crippen molar-refractivity contribution in [1.82, 2.24) is 0 Å². The van der Waals surface area contributed by atoms with Crippen molar-refractivity contribution in [2.75, 3.05) is 0 Å². The Morgan fingerprint density at radius 3 is 2.92 bits per heavy atom. The molecule has 0 bridgehead atoms. The molecule has 0 radical (unpaired) electrons. The van der Waals surface area contributed by atoms with Gasteiger partial charge in [0.25, 0.3) is 0 Å². The molecule has 2 aliphatic rings. The fourth-order valence-corrected chi connectivity index (χ4v) is 1.84. The van der Waals surface area contributed by atoms with Gasteiger partial charge in [-0.3, -0.25) is 0 Å². The average Bonchev–Trinajstić information content (AvgIpc) is 2.62. The first kappa shape index (κ1) is 6.01. The van der Waals surface area contributed by atoms with E-state index in [9.17, 15) is 0 Å². The van der Waals surface area contributed by atoms with Gasteiger partial charge in [-0.15, -0.1) is 0 Å². The Morgan fingerprint density at radius 1 is 1.00 bits per heavy atom. The molecule has 0 fully saturated rings. The van der Waals surface area contributed by atoms with E-state index >= 15 is 0 Å². The number of benzene rings is 1. The second-order valence-corrected chi connectivity index (χ2v) is 3.13. The minimum atomic E-state index is 1.35. The van der Waals surface area contributed by atoms with Crippen molar-refractivity contribution in [1.29, 1.82) is 0 Å². The van der Waals surface area contributed by atoms with Crippen molar-refractivity contribution in [2.45, 2.75) is 0 Å². The number of hydrogen-bond donors (Lipinski definition) is 0. The predicted octanol–water partition coefficient (Wildman–Crippen LogP) is 3.04. The lowest BCUT2D eigenvalue weighted by Crippen LogP contribution is -1.78. The van der Waals surface area contributed by atoms with Crippen LogP contribution in [0.1, 0.15) is 11.1 Å². The highest BCUT2D eigenvalue weighted by Crippen LogP contribution is 2.38. The van der Waals surface area contributed by atoms with E-state index < -0.39 is 0 Å². The summed E-state index contributed by atoms with van der Waals surface area (Å²) < 4.78 is 0. The molecule has 0 saturated heterocycles. The van der Waals surface area contributed by atoms with Gasteiger partial charge in [-0.25, -0.2) is 0 Å². The van der Waals surface area contributed by atoms with Gasteiger partial charge >= 0.3 is 0 Å². The van der Waals surface area contributed by atoms with Crippen LogP contribution in [0.4, 0.5) is 0 Å². The van der Waals surface area contributed by atoms with Gasteiger partial charge in [0.15, 0.2) is 0 Å². The molecular formula is C12H8. The molecule has 2 aliphatic carbocycles. The molecule has 1 aromatic carbocycles. The molecule has 0 amide bonds. The summed E-state index contributed by atoms with van der Waals surface area (Å²) in [4.78, 5) is 0. The van der Waals surface area contributed by atoms with Crippen molar-refractivity contribution in [3.05, 3.63) is 59.2 Å². The first-order valence-electron chi connectivity index (χ1n) is 4.15. The molecule has 0 aliphatic heterocycles. The SMILES string of the molecule is C1=CC2=Cc3ccccc3C2=C1. The summed E-state index contributed by atoms with van der Waals surface area (Å²) in [6.45, 7) is 0. The summed E-state index contributed by atoms with van der Waals surface area (Å²) in [5.74, 6) is 0. The molecule has 0 N–H and O–H groups in total. The van der Waals surface area contributed by atoms with Crippen molar-refractivity contribution in [3.8, 4) is 0 Å². The van der Waals surface area contributed by atoms with Gasteiger partial charge in [0.05, 0.1) is 0 Å². The Balaban J connectivity index is 2.33. The van der Waals surface area contributed by atoms with Crippen LogP contribution in [0.3, 0.4) is 0 Å². The van der Waals surface area contributed by atoms with Crippen LogP contribution in [-0.2, 0) is 0 Å². The second-order valence-electron chi connectivity index (χ2n) is 3.13. The topological polar surface area (TPSA) is 0 Å². The van der Waals surface area contributed by atoms with Crippen LogP contribution >= 0.6 is 0 Å². The maximum atomic E-state index is 2.24. The van der Waals surface area contributed by atoms with Crippen LogP contribution in [0.15, 0.2) is 48.1 Å². The van der Waals surface area contributed by atoms with E-state index in [1.54, 1.807) is 0 Å². The van der Waals surface area contributed by atoms with Gasteiger partial charge in [0.1, 0.15) is 0 Å². The van der Waals surface area contributed by atoms with E-state index in [1.165, 1.54) is 22.3 Å². The van der Waals surface area contributed by atoms with E-state index in [0.717, 1.165) is 0 Å². The van der Waals surface area contributed by atoms with E-state index in [2.05, 4.69) is 48.6 Å². The van der Waals surface area contributed by atoms with E-state index in [4.69, 9.17) is 0 Å². The molecule has 0 heterocycles. The smallest absolute Gasteiger partial charge is 0.0105 e. The average molecular weight is 152 g/mol. The summed E-state index contributed by atoms with van der Waals surface area (Å²) in [7, 11) is 0. The fourth-order valence-electron chi connectivity index (χ4n) is 1.84. The molecule has 0 nitrogen and oxygen atoms in total. The van der Waals surface area contributed by atoms with Crippen LogP contribution in [-0.4, -0.2) is 0 Å². The highest BCUT2D eigenvalue weighted by Gasteiger charge is 2.17. The summed E-state index contributed by atoms with van der Waals surface area (Å²) in [6.07, 6.45) is 8.69. The monoisotopic (exact) mass is 152 g/mol. The van der Waals surface area contributed by atoms with Crippen LogP contribution in [0.5, 0.6) is 0 Å². The zero-order valence-corrected chi connectivity index (χ0v) is 6.62. The van der Waals surface area contributed by atoms with Gasteiger partial charge in [0, 0.05) is 0 Å². The fraction of sp³-hybridized carbons (Fsp3) is 0. The predicted molar refractivity (Wildman–Crippen MR) is 51.5 cm³/mol. The lowest BCUT2D eigenvalue weighted by molar-refractivity contribution is 1.62. The number of fused-ring (bicyclic) bond motifs is 3. The normalized spacial score (nSPS) is 17.0. The van der Waals surface area contributed by atoms with Gasteiger partial charge in [-0.1, -0.05) is 42.5 Å². The largest absolute Gasteiger partial charge is 0.0616 e. The van der Waals surface area contributed by atoms with E-state index in [0.29, 0.717) is 0 Å². The minimum absolute atomic E-state index is 1.35. The van der Waals surface area contributed by atoms with Crippen LogP contribution in [0, 0.1) is 0 Å². The Labute approximate surface area is 71.5 Å². The Morgan fingerprint density at radius 2 is 1.92 bits per heavy atom. The number of rotatable bonds is 0. The molecule has 0 aromatic heterocycles. The number of allylic oxidation sites excluding steroid dienone is 5. The molecule has 3 rings (SSSR count). The Kier molecular flexibility index (Phi) is 0.991. The van der Waals surface area contributed by atoms with Crippen molar-refractivity contribution in [2.24, 2.45) is 0 Å². The van der Waals surface area contributed by atoms with E-state index in [1.807, 2.05) is 0 Å². The van der Waals surface area contributed by atoms with Crippen molar-refractivity contribution >= 4 is 11.6 Å². The first-order valence-corrected chi connectivity index (χ1v) is 4.15. The van der Waals surface area contributed by atoms with Gasteiger partial charge in [-0.05, 0) is 28.3 Å². The molecule has 12 heavy (non-hydrogen) atoms. The lowest BCUT2D eigenvalue weighted by Gasteiger charge is -1.98. The maximum absolute atomic E-state index is 2.24. The summed E-state index contributed by atoms with van der Waals surface area (Å²) in [6, 6.07) is 8.52. The quantitative estimate of drug-likeness (QED) is 0.536. The summed E-state index contributed by atoms with van der Waals surface area (Å²) >= 11 is 0. The minimum Gasteiger partial charge on any atom is -0.0616 e. The molecule has 0 spiro atoms. The van der Waals surface area contributed by atoms with Crippen LogP contribution in [0.2, 0.25) is 0 Å². The van der Waals surface area contributed by atoms with Gasteiger partial charge < -0.3 is 0 Å². The molecule has 0 heteroatoms. The molecule has 56 valence electrons. The Bertz CT molecular complexity index is 431. The standard InChI is InChI=1S/C12H8/c1-2-6-11-9(4-1)8-10-5-3-7-12(10)11/h1-8H. The third-order valence-corrected chi connectivity index (χ3v) is 2.41. The van der Waals surface area contributed by atoms with Crippen molar-refractivity contribution < 1.29 is 0 Å². The second kappa shape index (κ2) is 1.98. The Hall–Kier alpha value is -1.56. The summed E-state index contributed by atoms with van der Waals surface area (Å²) in [5.41, 5.74) is 5.46. The zero-order valence-electron chi connectivity index (χ0n) is 6.62. The van der Waals surface area contributed by atoms with Crippen molar-refractivity contribution in [3.63, 3.8) is 0 Å². The van der Waals surface area contributed by atoms with Gasteiger partial charge in [-0.2, -0.15) is 0 Å². The first-order chi connectivity index (χ1) is 5.95. The summed E-state index contributed by atoms with van der Waals surface area (Å²) in [5, 5.41) is 0. The van der Waals surface area contributed by atoms with Crippen LogP contribution < -0.4 is 0 Å². The molecule has 0 saturated carbocycles. The highest BCUT2D eigenvalue weighted by atomic mass is 14.2. The lowest BCUT2D eigenvalue weighted by atomic mass is 10.1. The molecule has 1 aromatic rings. The molecule has 0 unspecified atom stereocenters. The zero-order chi connectivity index (χ0) is 7.97. The molecular weight excluding hydrogens is 144 g/mol.